The number of rotatable bonds is 3. The van der Waals surface area contributed by atoms with Crippen LogP contribution in [-0.4, -0.2) is 13.0 Å². The number of aryl methyl sites for hydroxylation is 1. The molecule has 1 aromatic heterocycles. The Morgan fingerprint density at radius 1 is 1.65 bits per heavy atom. The molecule has 4 heteroatoms. The highest BCUT2D eigenvalue weighted by atomic mass is 32.1. The molecule has 1 heterocycles. The van der Waals surface area contributed by atoms with E-state index in [1.54, 1.807) is 11.3 Å². The van der Waals surface area contributed by atoms with Gasteiger partial charge in [0.15, 0.2) is 6.40 Å². The molecule has 0 amide bonds. The lowest BCUT2D eigenvalue weighted by molar-refractivity contribution is 0.344. The molecule has 2 rings (SSSR count). The molecule has 0 aromatic carbocycles. The van der Waals surface area contributed by atoms with Crippen molar-refractivity contribution in [1.82, 2.24) is 0 Å². The fourth-order valence-electron chi connectivity index (χ4n) is 2.11. The molecule has 0 radical (unpaired) electrons. The molecule has 1 aromatic rings. The van der Waals surface area contributed by atoms with E-state index in [4.69, 9.17) is 4.74 Å². The lowest BCUT2D eigenvalue weighted by Crippen LogP contribution is -2.09. The van der Waals surface area contributed by atoms with E-state index in [0.29, 0.717) is 12.5 Å². The van der Waals surface area contributed by atoms with Gasteiger partial charge in [-0.1, -0.05) is 6.92 Å². The quantitative estimate of drug-likeness (QED) is 0.607. The largest absolute Gasteiger partial charge is 0.483 e. The summed E-state index contributed by atoms with van der Waals surface area (Å²) in [5, 5.41) is 10.1. The van der Waals surface area contributed by atoms with Gasteiger partial charge in [-0.2, -0.15) is 5.26 Å². The van der Waals surface area contributed by atoms with Gasteiger partial charge in [0.05, 0.1) is 12.2 Å². The monoisotopic (exact) mass is 248 g/mol. The topological polar surface area (TPSA) is 45.4 Å². The third-order valence-corrected chi connectivity index (χ3v) is 4.21. The predicted octanol–water partition coefficient (Wildman–Crippen LogP) is 3.44. The molecule has 0 fully saturated rings. The van der Waals surface area contributed by atoms with E-state index >= 15 is 0 Å². The molecule has 90 valence electrons. The number of thiophene rings is 1. The molecule has 0 bridgehead atoms. The average molecular weight is 248 g/mol. The number of hydrogen-bond donors (Lipinski definition) is 0. The van der Waals surface area contributed by atoms with Crippen LogP contribution in [0.4, 0.5) is 5.00 Å². The summed E-state index contributed by atoms with van der Waals surface area (Å²) in [6, 6.07) is 2.29. The Hall–Kier alpha value is -1.34. The number of hydrogen-bond acceptors (Lipinski definition) is 4. The molecule has 1 atom stereocenters. The van der Waals surface area contributed by atoms with E-state index in [-0.39, 0.29) is 0 Å². The maximum atomic E-state index is 9.25. The zero-order valence-electron chi connectivity index (χ0n) is 10.2. The van der Waals surface area contributed by atoms with E-state index in [1.807, 2.05) is 6.92 Å². The molecular weight excluding hydrogens is 232 g/mol. The molecule has 17 heavy (non-hydrogen) atoms. The van der Waals surface area contributed by atoms with Crippen LogP contribution in [0.25, 0.3) is 0 Å². The average Bonchev–Trinajstić information content (AvgIpc) is 2.66. The van der Waals surface area contributed by atoms with Crippen LogP contribution in [0.5, 0.6) is 0 Å². The van der Waals surface area contributed by atoms with Gasteiger partial charge in [0, 0.05) is 4.88 Å². The summed E-state index contributed by atoms with van der Waals surface area (Å²) in [5.41, 5.74) is 1.98. The van der Waals surface area contributed by atoms with Crippen molar-refractivity contribution >= 4 is 22.7 Å². The molecule has 0 spiro atoms. The lowest BCUT2D eigenvalue weighted by Gasteiger charge is -2.17. The highest BCUT2D eigenvalue weighted by Gasteiger charge is 2.23. The predicted molar refractivity (Wildman–Crippen MR) is 70.0 cm³/mol. The summed E-state index contributed by atoms with van der Waals surface area (Å²) in [6.07, 6.45) is 4.76. The Labute approximate surface area is 106 Å². The van der Waals surface area contributed by atoms with Crippen LogP contribution in [0.3, 0.4) is 0 Å². The summed E-state index contributed by atoms with van der Waals surface area (Å²) in [7, 11) is 0. The summed E-state index contributed by atoms with van der Waals surface area (Å²) in [4.78, 5) is 5.58. The summed E-state index contributed by atoms with van der Waals surface area (Å²) < 4.78 is 5.10. The van der Waals surface area contributed by atoms with E-state index in [2.05, 4.69) is 18.0 Å². The molecule has 1 aliphatic carbocycles. The third-order valence-electron chi connectivity index (χ3n) is 3.01. The summed E-state index contributed by atoms with van der Waals surface area (Å²) in [5.74, 6) is 0.674. The Kier molecular flexibility index (Phi) is 3.80. The van der Waals surface area contributed by atoms with E-state index in [0.717, 1.165) is 23.4 Å². The van der Waals surface area contributed by atoms with Crippen molar-refractivity contribution in [3.8, 4) is 6.07 Å². The number of fused-ring (bicyclic) bond motifs is 1. The fourth-order valence-corrected chi connectivity index (χ4v) is 3.24. The lowest BCUT2D eigenvalue weighted by atomic mass is 9.88. The maximum absolute atomic E-state index is 9.25. The Morgan fingerprint density at radius 2 is 2.47 bits per heavy atom. The number of nitrogens with zero attached hydrogens (tertiary/aromatic N) is 2. The smallest absolute Gasteiger partial charge is 0.175 e. The highest BCUT2D eigenvalue weighted by Crippen LogP contribution is 2.40. The molecular formula is C13H16N2OS. The van der Waals surface area contributed by atoms with Crippen molar-refractivity contribution in [3.63, 3.8) is 0 Å². The van der Waals surface area contributed by atoms with Crippen molar-refractivity contribution in [3.05, 3.63) is 16.0 Å². The number of aliphatic imine (C=N–C) groups is 1. The van der Waals surface area contributed by atoms with Gasteiger partial charge in [0.25, 0.3) is 0 Å². The first kappa shape index (κ1) is 12.1. The first-order valence-corrected chi connectivity index (χ1v) is 6.76. The van der Waals surface area contributed by atoms with Crippen LogP contribution in [0.15, 0.2) is 4.99 Å². The highest BCUT2D eigenvalue weighted by molar-refractivity contribution is 7.16. The fraction of sp³-hybridized carbons (Fsp3) is 0.538. The Morgan fingerprint density at radius 3 is 3.18 bits per heavy atom. The van der Waals surface area contributed by atoms with Gasteiger partial charge < -0.3 is 4.74 Å². The van der Waals surface area contributed by atoms with Gasteiger partial charge >= 0.3 is 0 Å². The summed E-state index contributed by atoms with van der Waals surface area (Å²) >= 11 is 1.64. The molecule has 0 N–H and O–H groups in total. The van der Waals surface area contributed by atoms with Gasteiger partial charge in [-0.15, -0.1) is 11.3 Å². The Bertz CT molecular complexity index is 470. The van der Waals surface area contributed by atoms with Crippen LogP contribution in [-0.2, 0) is 17.6 Å². The summed E-state index contributed by atoms with van der Waals surface area (Å²) in [6.45, 7) is 4.76. The number of ether oxygens (including phenoxy) is 1. The normalized spacial score (nSPS) is 19.0. The van der Waals surface area contributed by atoms with Gasteiger partial charge in [-0.25, -0.2) is 4.99 Å². The van der Waals surface area contributed by atoms with Crippen molar-refractivity contribution in [2.75, 3.05) is 6.61 Å². The van der Waals surface area contributed by atoms with Crippen LogP contribution >= 0.6 is 11.3 Å². The van der Waals surface area contributed by atoms with E-state index in [1.165, 1.54) is 23.3 Å². The third kappa shape index (κ3) is 2.50. The molecule has 3 nitrogen and oxygen atoms in total. The minimum absolute atomic E-state index is 0.605. The van der Waals surface area contributed by atoms with Gasteiger partial charge in [0.2, 0.25) is 0 Å². The second kappa shape index (κ2) is 5.33. The Balaban J connectivity index is 2.32. The molecule has 0 saturated carbocycles. The first-order chi connectivity index (χ1) is 8.26. The second-order valence-electron chi connectivity index (χ2n) is 4.33. The molecule has 1 unspecified atom stereocenters. The van der Waals surface area contributed by atoms with E-state index < -0.39 is 0 Å². The SMILES string of the molecule is CCO/C=N/c1sc2c(c1C#N)CC(C)CC2. The van der Waals surface area contributed by atoms with Gasteiger partial charge in [-0.05, 0) is 37.7 Å². The minimum atomic E-state index is 0.605. The first-order valence-electron chi connectivity index (χ1n) is 5.95. The van der Waals surface area contributed by atoms with Crippen LogP contribution < -0.4 is 0 Å². The van der Waals surface area contributed by atoms with Crippen LogP contribution in [0.2, 0.25) is 0 Å². The molecule has 0 saturated heterocycles. The van der Waals surface area contributed by atoms with Crippen molar-refractivity contribution in [2.24, 2.45) is 10.9 Å². The van der Waals surface area contributed by atoms with Crippen molar-refractivity contribution in [1.29, 1.82) is 5.26 Å². The van der Waals surface area contributed by atoms with Crippen molar-refractivity contribution < 1.29 is 4.74 Å². The maximum Gasteiger partial charge on any atom is 0.175 e. The molecule has 0 aliphatic heterocycles. The number of nitriles is 1. The van der Waals surface area contributed by atoms with Crippen LogP contribution in [0, 0.1) is 17.2 Å². The van der Waals surface area contributed by atoms with E-state index in [9.17, 15) is 5.26 Å². The van der Waals surface area contributed by atoms with Crippen molar-refractivity contribution in [2.45, 2.75) is 33.1 Å². The standard InChI is InChI=1S/C13H16N2OS/c1-3-16-8-15-13-11(7-14)10-6-9(2)4-5-12(10)17-13/h8-9H,3-6H2,1-2H3/b15-8+. The molecule has 1 aliphatic rings. The van der Waals surface area contributed by atoms with Crippen LogP contribution in [0.1, 0.15) is 36.3 Å². The zero-order chi connectivity index (χ0) is 12.3. The van der Waals surface area contributed by atoms with Gasteiger partial charge in [0.1, 0.15) is 11.1 Å². The van der Waals surface area contributed by atoms with Gasteiger partial charge in [-0.3, -0.25) is 0 Å². The minimum Gasteiger partial charge on any atom is -0.483 e. The second-order valence-corrected chi connectivity index (χ2v) is 5.42. The zero-order valence-corrected chi connectivity index (χ0v) is 11.0.